The van der Waals surface area contributed by atoms with Crippen LogP contribution in [-0.2, 0) is 65.4 Å². The molecule has 0 heterocycles. The average molecular weight is 1280 g/mol. The van der Waals surface area contributed by atoms with E-state index in [1.54, 1.807) is 0 Å². The third-order valence-corrected chi connectivity index (χ3v) is 17.8. The Morgan fingerprint density at radius 3 is 0.678 bits per heavy atom. The summed E-state index contributed by atoms with van der Waals surface area (Å²) in [6.07, 6.45) is 49.9. The number of hydrogen-bond acceptors (Lipinski definition) is 15. The number of carbonyl (C=O) groups is 4. The molecule has 0 fully saturated rings. The maximum Gasteiger partial charge on any atom is 0.472 e. The minimum absolute atomic E-state index is 0.106. The van der Waals surface area contributed by atoms with E-state index in [0.717, 1.165) is 96.3 Å². The quantitative estimate of drug-likeness (QED) is 0.0222. The fourth-order valence-electron chi connectivity index (χ4n) is 10.3. The molecule has 0 rings (SSSR count). The molecule has 17 nitrogen and oxygen atoms in total. The van der Waals surface area contributed by atoms with Gasteiger partial charge >= 0.3 is 39.5 Å². The summed E-state index contributed by atoms with van der Waals surface area (Å²) in [6.45, 7) is 4.89. The van der Waals surface area contributed by atoms with Crippen LogP contribution in [0.25, 0.3) is 0 Å². The van der Waals surface area contributed by atoms with Crippen LogP contribution in [0.2, 0.25) is 0 Å². The smallest absolute Gasteiger partial charge is 0.462 e. The lowest BCUT2D eigenvalue weighted by atomic mass is 10.0. The van der Waals surface area contributed by atoms with Crippen molar-refractivity contribution < 1.29 is 80.2 Å². The van der Waals surface area contributed by atoms with Gasteiger partial charge in [0.25, 0.3) is 0 Å². The minimum Gasteiger partial charge on any atom is -0.462 e. The Morgan fingerprint density at radius 1 is 0.276 bits per heavy atom. The third-order valence-electron chi connectivity index (χ3n) is 15.9. The van der Waals surface area contributed by atoms with E-state index in [4.69, 9.17) is 37.0 Å². The molecule has 3 N–H and O–H groups in total. The van der Waals surface area contributed by atoms with E-state index >= 15 is 0 Å². The molecular weight excluding hydrogens is 1150 g/mol. The fraction of sp³-hybridized carbons (Fsp3) is 0.941. The standard InChI is InChI=1S/C68H132O17P2/c1-5-9-13-17-21-25-27-29-31-33-35-38-41-45-49-53-66(71)79-59-64(85-68(73)55-51-47-43-39-36-34-32-30-28-26-22-18-14-10-6-2)61-83-87(76,77)81-57-62(69)56-80-86(74,75)82-60-63(58-78-65(70)52-48-44-40-24-20-16-12-8-4)84-67(72)54-50-46-42-37-23-19-15-11-7-3/h62-64,69H,5-61H2,1-4H3,(H,74,75)(H,76,77)/t62-,63-,64-/m1/s1. The van der Waals surface area contributed by atoms with Crippen molar-refractivity contribution in [3.05, 3.63) is 0 Å². The topological polar surface area (TPSA) is 237 Å². The number of rotatable bonds is 69. The molecule has 0 aliphatic carbocycles. The van der Waals surface area contributed by atoms with E-state index in [-0.39, 0.29) is 25.7 Å². The third kappa shape index (κ3) is 62.6. The molecule has 0 aromatic heterocycles. The van der Waals surface area contributed by atoms with E-state index in [0.29, 0.717) is 25.7 Å². The van der Waals surface area contributed by atoms with Crippen molar-refractivity contribution in [2.75, 3.05) is 39.6 Å². The number of carbonyl (C=O) groups excluding carboxylic acids is 4. The van der Waals surface area contributed by atoms with Crippen molar-refractivity contribution in [3.8, 4) is 0 Å². The highest BCUT2D eigenvalue weighted by Crippen LogP contribution is 2.45. The number of aliphatic hydroxyl groups excluding tert-OH is 1. The van der Waals surface area contributed by atoms with Gasteiger partial charge in [0.1, 0.15) is 19.3 Å². The number of esters is 4. The van der Waals surface area contributed by atoms with Crippen LogP contribution in [0.5, 0.6) is 0 Å². The van der Waals surface area contributed by atoms with Crippen molar-refractivity contribution >= 4 is 39.5 Å². The largest absolute Gasteiger partial charge is 0.472 e. The first-order valence-corrected chi connectivity index (χ1v) is 38.8. The van der Waals surface area contributed by atoms with E-state index in [2.05, 4.69) is 27.7 Å². The van der Waals surface area contributed by atoms with Crippen LogP contribution >= 0.6 is 15.6 Å². The molecule has 0 saturated carbocycles. The Hall–Kier alpha value is -1.94. The second kappa shape index (κ2) is 62.8. The highest BCUT2D eigenvalue weighted by molar-refractivity contribution is 7.47. The maximum atomic E-state index is 13.0. The van der Waals surface area contributed by atoms with Crippen LogP contribution in [-0.4, -0.2) is 96.7 Å². The van der Waals surface area contributed by atoms with Crippen molar-refractivity contribution in [1.29, 1.82) is 0 Å². The van der Waals surface area contributed by atoms with Gasteiger partial charge in [0, 0.05) is 25.7 Å². The highest BCUT2D eigenvalue weighted by atomic mass is 31.2. The maximum absolute atomic E-state index is 13.0. The number of aliphatic hydroxyl groups is 1. The number of ether oxygens (including phenoxy) is 4. The molecule has 516 valence electrons. The average Bonchev–Trinajstić information content (AvgIpc) is 3.52. The summed E-state index contributed by atoms with van der Waals surface area (Å²) < 4.78 is 68.1. The highest BCUT2D eigenvalue weighted by Gasteiger charge is 2.30. The summed E-state index contributed by atoms with van der Waals surface area (Å²) in [5.41, 5.74) is 0. The van der Waals surface area contributed by atoms with Crippen molar-refractivity contribution in [1.82, 2.24) is 0 Å². The zero-order valence-electron chi connectivity index (χ0n) is 56.0. The first-order valence-electron chi connectivity index (χ1n) is 35.8. The van der Waals surface area contributed by atoms with Gasteiger partial charge in [-0.05, 0) is 25.7 Å². The van der Waals surface area contributed by atoms with Gasteiger partial charge in [0.15, 0.2) is 12.2 Å². The van der Waals surface area contributed by atoms with Gasteiger partial charge < -0.3 is 33.8 Å². The van der Waals surface area contributed by atoms with Crippen LogP contribution < -0.4 is 0 Å². The Bertz CT molecular complexity index is 1670. The zero-order chi connectivity index (χ0) is 64.0. The lowest BCUT2D eigenvalue weighted by molar-refractivity contribution is -0.161. The Morgan fingerprint density at radius 2 is 0.460 bits per heavy atom. The van der Waals surface area contributed by atoms with E-state index in [1.165, 1.54) is 180 Å². The predicted octanol–water partition coefficient (Wildman–Crippen LogP) is 19.5. The molecule has 0 bridgehead atoms. The lowest BCUT2D eigenvalue weighted by Crippen LogP contribution is -2.30. The van der Waals surface area contributed by atoms with Crippen molar-refractivity contribution in [2.45, 2.75) is 373 Å². The van der Waals surface area contributed by atoms with E-state index in [9.17, 15) is 43.2 Å². The van der Waals surface area contributed by atoms with Gasteiger partial charge in [0.05, 0.1) is 26.4 Å². The molecule has 0 aliphatic heterocycles. The van der Waals surface area contributed by atoms with E-state index < -0.39 is 97.5 Å². The summed E-state index contributed by atoms with van der Waals surface area (Å²) in [5, 5.41) is 10.6. The van der Waals surface area contributed by atoms with Crippen LogP contribution in [0.4, 0.5) is 0 Å². The molecule has 5 atom stereocenters. The summed E-state index contributed by atoms with van der Waals surface area (Å²) in [7, 11) is -9.89. The summed E-state index contributed by atoms with van der Waals surface area (Å²) in [6, 6.07) is 0. The first-order chi connectivity index (χ1) is 42.2. The van der Waals surface area contributed by atoms with Crippen LogP contribution in [0.1, 0.15) is 355 Å². The van der Waals surface area contributed by atoms with Gasteiger partial charge in [-0.3, -0.25) is 37.3 Å². The van der Waals surface area contributed by atoms with Gasteiger partial charge in [-0.2, -0.15) is 0 Å². The predicted molar refractivity (Wildman–Crippen MR) is 349 cm³/mol. The first kappa shape index (κ1) is 85.1. The van der Waals surface area contributed by atoms with Crippen LogP contribution in [0, 0.1) is 0 Å². The summed E-state index contributed by atoms with van der Waals surface area (Å²) >= 11 is 0. The van der Waals surface area contributed by atoms with Crippen molar-refractivity contribution in [2.24, 2.45) is 0 Å². The Kier molecular flexibility index (Phi) is 61.4. The van der Waals surface area contributed by atoms with Gasteiger partial charge in [0.2, 0.25) is 0 Å². The normalized spacial score (nSPS) is 14.1. The van der Waals surface area contributed by atoms with Crippen LogP contribution in [0.15, 0.2) is 0 Å². The monoisotopic (exact) mass is 1280 g/mol. The number of phosphoric acid groups is 2. The molecule has 0 spiro atoms. The molecule has 0 amide bonds. The number of unbranched alkanes of at least 4 members (excludes halogenated alkanes) is 43. The molecule has 0 aromatic carbocycles. The molecule has 2 unspecified atom stereocenters. The SMILES string of the molecule is CCCCCCCCCCCCCCCCCC(=O)OC[C@H](COP(=O)(O)OC[C@H](O)COP(=O)(O)OC[C@@H](COC(=O)CCCCCCCCCC)OC(=O)CCCCCCCCCCC)OC(=O)CCCCCCCCCCCCCCCCC. The number of hydrogen-bond donors (Lipinski definition) is 3. The molecule has 19 heteroatoms. The molecule has 0 aliphatic rings. The second-order valence-electron chi connectivity index (χ2n) is 24.6. The van der Waals surface area contributed by atoms with Gasteiger partial charge in [-0.15, -0.1) is 0 Å². The molecule has 87 heavy (non-hydrogen) atoms. The second-order valence-corrected chi connectivity index (χ2v) is 27.5. The Labute approximate surface area is 530 Å². The van der Waals surface area contributed by atoms with Gasteiger partial charge in [-0.25, -0.2) is 9.13 Å². The Balaban J connectivity index is 5.20. The summed E-state index contributed by atoms with van der Waals surface area (Å²) in [5.74, 6) is -2.13. The molecular formula is C68H132O17P2. The lowest BCUT2D eigenvalue weighted by Gasteiger charge is -2.21. The zero-order valence-corrected chi connectivity index (χ0v) is 57.8. The fourth-order valence-corrected chi connectivity index (χ4v) is 11.9. The molecule has 0 aromatic rings. The minimum atomic E-state index is -4.95. The number of phosphoric ester groups is 2. The van der Waals surface area contributed by atoms with E-state index in [1.807, 2.05) is 0 Å². The molecule has 0 saturated heterocycles. The summed E-state index contributed by atoms with van der Waals surface area (Å²) in [4.78, 5) is 72.3. The van der Waals surface area contributed by atoms with Gasteiger partial charge in [-0.1, -0.05) is 304 Å². The van der Waals surface area contributed by atoms with Crippen LogP contribution in [0.3, 0.4) is 0 Å². The van der Waals surface area contributed by atoms with Crippen molar-refractivity contribution in [3.63, 3.8) is 0 Å². The molecule has 0 radical (unpaired) electrons.